The number of unbranched alkanes of at least 4 members (excludes halogenated alkanes) is 9. The standard InChI is InChI=1S/C26H34N6O4/c1-4-5-6-7-8-9-10-11-12-13-14-32-20-16-18-17(23(33)30(2)25(35)28-18)15-19(20)27-21-22(32)29-26(36)31(3)24(21)34/h15-16H,4-14H2,1-3H3,(H,29,36). The first-order valence-electron chi connectivity index (χ1n) is 12.9. The number of benzene rings is 1. The second kappa shape index (κ2) is 11.0. The molecule has 0 saturated heterocycles. The van der Waals surface area contributed by atoms with Gasteiger partial charge in [-0.05, 0) is 18.6 Å². The number of aryl methyl sites for hydroxylation is 1. The third-order valence-corrected chi connectivity index (χ3v) is 6.92. The van der Waals surface area contributed by atoms with E-state index >= 15 is 0 Å². The van der Waals surface area contributed by atoms with Gasteiger partial charge in [0, 0.05) is 20.6 Å². The van der Waals surface area contributed by atoms with Gasteiger partial charge in [-0.1, -0.05) is 64.7 Å². The Morgan fingerprint density at radius 2 is 1.39 bits per heavy atom. The third-order valence-electron chi connectivity index (χ3n) is 6.92. The Bertz CT molecular complexity index is 1640. The number of fused-ring (bicyclic) bond motifs is 3. The van der Waals surface area contributed by atoms with Crippen molar-refractivity contribution >= 4 is 33.1 Å². The second-order valence-electron chi connectivity index (χ2n) is 9.55. The molecule has 36 heavy (non-hydrogen) atoms. The molecule has 4 aromatic rings. The van der Waals surface area contributed by atoms with Crippen LogP contribution in [0.2, 0.25) is 0 Å². The molecule has 0 amide bonds. The van der Waals surface area contributed by atoms with Crippen LogP contribution in [0.4, 0.5) is 0 Å². The molecule has 0 saturated carbocycles. The quantitative estimate of drug-likeness (QED) is 0.252. The highest BCUT2D eigenvalue weighted by Gasteiger charge is 2.16. The van der Waals surface area contributed by atoms with Crippen molar-refractivity contribution < 1.29 is 0 Å². The van der Waals surface area contributed by atoms with Gasteiger partial charge >= 0.3 is 11.4 Å². The molecule has 0 spiro atoms. The monoisotopic (exact) mass is 494 g/mol. The molecule has 0 bridgehead atoms. The van der Waals surface area contributed by atoms with Gasteiger partial charge < -0.3 is 4.57 Å². The van der Waals surface area contributed by atoms with Crippen molar-refractivity contribution in [3.63, 3.8) is 0 Å². The molecule has 0 aliphatic heterocycles. The summed E-state index contributed by atoms with van der Waals surface area (Å²) in [4.78, 5) is 61.4. The lowest BCUT2D eigenvalue weighted by Crippen LogP contribution is -2.34. The first kappa shape index (κ1) is 25.5. The molecule has 0 atom stereocenters. The van der Waals surface area contributed by atoms with E-state index in [4.69, 9.17) is 0 Å². The maximum absolute atomic E-state index is 12.9. The number of nitrogens with zero attached hydrogens (tertiary/aromatic N) is 5. The molecule has 3 aromatic heterocycles. The molecule has 0 radical (unpaired) electrons. The minimum atomic E-state index is -0.635. The van der Waals surface area contributed by atoms with Crippen molar-refractivity contribution in [3.05, 3.63) is 53.8 Å². The van der Waals surface area contributed by atoms with Crippen LogP contribution in [-0.4, -0.2) is 28.7 Å². The predicted molar refractivity (Wildman–Crippen MR) is 142 cm³/mol. The van der Waals surface area contributed by atoms with Crippen LogP contribution in [0.5, 0.6) is 0 Å². The first-order chi connectivity index (χ1) is 17.3. The maximum atomic E-state index is 12.9. The van der Waals surface area contributed by atoms with Gasteiger partial charge in [0.25, 0.3) is 11.1 Å². The van der Waals surface area contributed by atoms with E-state index in [9.17, 15) is 19.2 Å². The fourth-order valence-electron chi connectivity index (χ4n) is 4.70. The zero-order valence-corrected chi connectivity index (χ0v) is 21.3. The molecule has 0 aliphatic carbocycles. The first-order valence-corrected chi connectivity index (χ1v) is 12.9. The lowest BCUT2D eigenvalue weighted by atomic mass is 10.1. The third kappa shape index (κ3) is 5.03. The lowest BCUT2D eigenvalue weighted by Gasteiger charge is -2.15. The summed E-state index contributed by atoms with van der Waals surface area (Å²) in [5.41, 5.74) is -0.376. The van der Waals surface area contributed by atoms with E-state index in [2.05, 4.69) is 21.9 Å². The highest BCUT2D eigenvalue weighted by molar-refractivity contribution is 5.95. The highest BCUT2D eigenvalue weighted by atomic mass is 16.2. The van der Waals surface area contributed by atoms with Gasteiger partial charge in [0.2, 0.25) is 0 Å². The topological polar surface area (TPSA) is 125 Å². The van der Waals surface area contributed by atoms with E-state index in [1.165, 1.54) is 59.0 Å². The molecule has 4 rings (SSSR count). The molecule has 3 heterocycles. The molecule has 0 fully saturated rings. The summed E-state index contributed by atoms with van der Waals surface area (Å²) >= 11 is 0. The van der Waals surface area contributed by atoms with Gasteiger partial charge in [0.05, 0.1) is 21.9 Å². The Kier molecular flexibility index (Phi) is 7.81. The van der Waals surface area contributed by atoms with E-state index in [1.54, 1.807) is 12.1 Å². The Balaban J connectivity index is 1.67. The summed E-state index contributed by atoms with van der Waals surface area (Å²) in [7, 11) is 2.77. The fourth-order valence-corrected chi connectivity index (χ4v) is 4.70. The minimum Gasteiger partial charge on any atom is -0.324 e. The van der Waals surface area contributed by atoms with Gasteiger partial charge in [-0.2, -0.15) is 4.98 Å². The summed E-state index contributed by atoms with van der Waals surface area (Å²) < 4.78 is 3.79. The summed E-state index contributed by atoms with van der Waals surface area (Å²) in [6.07, 6.45) is 11.9. The van der Waals surface area contributed by atoms with Crippen LogP contribution in [0.1, 0.15) is 71.1 Å². The molecule has 0 unspecified atom stereocenters. The Labute approximate surface area is 207 Å². The smallest absolute Gasteiger partial charge is 0.324 e. The number of nitrogens with one attached hydrogen (secondary N) is 1. The van der Waals surface area contributed by atoms with Crippen LogP contribution in [0.15, 0.2) is 31.3 Å². The van der Waals surface area contributed by atoms with Gasteiger partial charge in [-0.15, -0.1) is 0 Å². The second-order valence-corrected chi connectivity index (χ2v) is 9.55. The van der Waals surface area contributed by atoms with Crippen molar-refractivity contribution in [1.82, 2.24) is 28.7 Å². The zero-order chi connectivity index (χ0) is 25.8. The van der Waals surface area contributed by atoms with Crippen molar-refractivity contribution in [2.75, 3.05) is 0 Å². The van der Waals surface area contributed by atoms with Gasteiger partial charge in [-0.25, -0.2) is 14.6 Å². The van der Waals surface area contributed by atoms with Gasteiger partial charge in [-0.3, -0.25) is 23.7 Å². The minimum absolute atomic E-state index is 0.126. The van der Waals surface area contributed by atoms with E-state index < -0.39 is 22.5 Å². The largest absolute Gasteiger partial charge is 0.350 e. The van der Waals surface area contributed by atoms with Crippen LogP contribution >= 0.6 is 0 Å². The normalized spacial score (nSPS) is 11.8. The molecule has 0 aliphatic rings. The zero-order valence-electron chi connectivity index (χ0n) is 21.3. The van der Waals surface area contributed by atoms with Gasteiger partial charge in [0.1, 0.15) is 5.65 Å². The van der Waals surface area contributed by atoms with Crippen molar-refractivity contribution in [3.8, 4) is 0 Å². The van der Waals surface area contributed by atoms with Crippen LogP contribution in [0.25, 0.3) is 33.1 Å². The van der Waals surface area contributed by atoms with E-state index in [0.29, 0.717) is 23.2 Å². The maximum Gasteiger partial charge on any atom is 0.350 e. The van der Waals surface area contributed by atoms with Crippen LogP contribution in [-0.2, 0) is 20.6 Å². The SMILES string of the molecule is CCCCCCCCCCCCn1c2cc3nc(=O)n(C)c(=O)c3cc2nc2c(=O)n(C)c(=O)[nH]c21. The predicted octanol–water partition coefficient (Wildman–Crippen LogP) is 3.10. The van der Waals surface area contributed by atoms with Gasteiger partial charge in [0.15, 0.2) is 5.52 Å². The van der Waals surface area contributed by atoms with E-state index in [0.717, 1.165) is 28.4 Å². The van der Waals surface area contributed by atoms with Crippen molar-refractivity contribution in [2.24, 2.45) is 14.1 Å². The summed E-state index contributed by atoms with van der Waals surface area (Å²) in [6.45, 7) is 2.78. The number of H-pyrrole nitrogens is 1. The fraction of sp³-hybridized carbons (Fsp3) is 0.538. The Morgan fingerprint density at radius 3 is 2.06 bits per heavy atom. The molecular weight excluding hydrogens is 460 g/mol. The number of hydrogen-bond acceptors (Lipinski definition) is 6. The van der Waals surface area contributed by atoms with Crippen molar-refractivity contribution in [1.29, 1.82) is 0 Å². The number of aromatic nitrogens is 6. The molecule has 1 aromatic carbocycles. The van der Waals surface area contributed by atoms with Crippen LogP contribution in [0.3, 0.4) is 0 Å². The van der Waals surface area contributed by atoms with Crippen LogP contribution in [0, 0.1) is 0 Å². The average molecular weight is 495 g/mol. The lowest BCUT2D eigenvalue weighted by molar-refractivity contribution is 0.540. The Morgan fingerprint density at radius 1 is 0.750 bits per heavy atom. The Hall–Kier alpha value is -3.56. The summed E-state index contributed by atoms with van der Waals surface area (Å²) in [5.74, 6) is 0. The van der Waals surface area contributed by atoms with Crippen molar-refractivity contribution in [2.45, 2.75) is 77.7 Å². The molecule has 1 N–H and O–H groups in total. The summed E-state index contributed by atoms with van der Waals surface area (Å²) in [6, 6.07) is 3.21. The molecule has 10 nitrogen and oxygen atoms in total. The van der Waals surface area contributed by atoms with E-state index in [1.807, 2.05) is 4.57 Å². The van der Waals surface area contributed by atoms with Crippen LogP contribution < -0.4 is 22.5 Å². The number of rotatable bonds is 11. The molecule has 192 valence electrons. The molecular formula is C26H34N6O4. The van der Waals surface area contributed by atoms with E-state index in [-0.39, 0.29) is 16.4 Å². The summed E-state index contributed by atoms with van der Waals surface area (Å²) in [5, 5.41) is 0.253. The number of aromatic amines is 1. The highest BCUT2D eigenvalue weighted by Crippen LogP contribution is 2.22. The number of hydrogen-bond donors (Lipinski definition) is 1. The molecule has 10 heteroatoms. The average Bonchev–Trinajstić information content (AvgIpc) is 2.86.